The molecular formula is C13H22O. The van der Waals surface area contributed by atoms with Crippen LogP contribution in [0.5, 0.6) is 0 Å². The van der Waals surface area contributed by atoms with Gasteiger partial charge >= 0.3 is 0 Å². The minimum Gasteiger partial charge on any atom is -0.393 e. The van der Waals surface area contributed by atoms with Gasteiger partial charge < -0.3 is 5.11 Å². The quantitative estimate of drug-likeness (QED) is 0.666. The van der Waals surface area contributed by atoms with Crippen molar-refractivity contribution in [2.24, 2.45) is 11.8 Å². The Hall–Kier alpha value is -0.560. The van der Waals surface area contributed by atoms with Crippen LogP contribution in [0.3, 0.4) is 0 Å². The molecule has 0 aromatic rings. The molecule has 0 heterocycles. The molecule has 1 aliphatic carbocycles. The van der Waals surface area contributed by atoms with Crippen LogP contribution in [0.4, 0.5) is 0 Å². The van der Waals surface area contributed by atoms with Gasteiger partial charge in [0.1, 0.15) is 0 Å². The molecule has 0 saturated heterocycles. The van der Waals surface area contributed by atoms with E-state index in [4.69, 9.17) is 0 Å². The molecule has 0 aliphatic heterocycles. The molecule has 1 N–H and O–H groups in total. The second-order valence-electron chi connectivity index (χ2n) is 4.41. The van der Waals surface area contributed by atoms with Gasteiger partial charge in [-0.1, -0.05) is 44.6 Å². The second kappa shape index (κ2) is 6.02. The lowest BCUT2D eigenvalue weighted by molar-refractivity contribution is 0.0611. The number of aliphatic hydroxyl groups excluding tert-OH is 1. The van der Waals surface area contributed by atoms with Gasteiger partial charge in [-0.05, 0) is 31.1 Å². The van der Waals surface area contributed by atoms with Crippen LogP contribution >= 0.6 is 0 Å². The summed E-state index contributed by atoms with van der Waals surface area (Å²) in [5.74, 6) is 0.941. The number of hydrogen-bond acceptors (Lipinski definition) is 1. The average Bonchev–Trinajstić information content (AvgIpc) is 2.69. The standard InChI is InChI=1S/C13H22O/c1-3-4-5-8-11(2)13(14)12-9-6-7-10-12/h3-5,11-14H,1,6-10H2,2H3. The van der Waals surface area contributed by atoms with E-state index in [-0.39, 0.29) is 6.10 Å². The fourth-order valence-electron chi connectivity index (χ4n) is 2.29. The molecule has 80 valence electrons. The van der Waals surface area contributed by atoms with E-state index in [0.29, 0.717) is 11.8 Å². The highest BCUT2D eigenvalue weighted by atomic mass is 16.3. The van der Waals surface area contributed by atoms with E-state index < -0.39 is 0 Å². The Bertz CT molecular complexity index is 189. The molecule has 1 rings (SSSR count). The fraction of sp³-hybridized carbons (Fsp3) is 0.692. The first kappa shape index (κ1) is 11.5. The summed E-state index contributed by atoms with van der Waals surface area (Å²) in [7, 11) is 0. The van der Waals surface area contributed by atoms with E-state index in [1.165, 1.54) is 25.7 Å². The van der Waals surface area contributed by atoms with Crippen LogP contribution in [0.15, 0.2) is 24.8 Å². The van der Waals surface area contributed by atoms with E-state index in [1.807, 2.05) is 6.08 Å². The highest BCUT2D eigenvalue weighted by molar-refractivity contribution is 4.98. The van der Waals surface area contributed by atoms with Crippen molar-refractivity contribution in [3.63, 3.8) is 0 Å². The zero-order valence-corrected chi connectivity index (χ0v) is 9.15. The maximum absolute atomic E-state index is 10.1. The molecule has 14 heavy (non-hydrogen) atoms. The molecule has 0 aromatic heterocycles. The minimum atomic E-state index is -0.105. The van der Waals surface area contributed by atoms with E-state index in [2.05, 4.69) is 19.6 Å². The third kappa shape index (κ3) is 3.30. The Morgan fingerprint density at radius 3 is 2.64 bits per heavy atom. The molecule has 0 bridgehead atoms. The maximum Gasteiger partial charge on any atom is 0.0596 e. The summed E-state index contributed by atoms with van der Waals surface area (Å²) in [6.45, 7) is 5.77. The monoisotopic (exact) mass is 194 g/mol. The van der Waals surface area contributed by atoms with Crippen molar-refractivity contribution in [3.05, 3.63) is 24.8 Å². The zero-order valence-electron chi connectivity index (χ0n) is 9.15. The molecule has 2 atom stereocenters. The van der Waals surface area contributed by atoms with Crippen LogP contribution < -0.4 is 0 Å². The van der Waals surface area contributed by atoms with Gasteiger partial charge in [0.05, 0.1) is 6.10 Å². The van der Waals surface area contributed by atoms with Gasteiger partial charge in [0.2, 0.25) is 0 Å². The van der Waals surface area contributed by atoms with Crippen molar-refractivity contribution >= 4 is 0 Å². The molecule has 0 aromatic carbocycles. The van der Waals surface area contributed by atoms with Crippen LogP contribution in [-0.4, -0.2) is 11.2 Å². The van der Waals surface area contributed by atoms with Crippen molar-refractivity contribution < 1.29 is 5.11 Å². The van der Waals surface area contributed by atoms with E-state index in [0.717, 1.165) is 6.42 Å². The summed E-state index contributed by atoms with van der Waals surface area (Å²) in [4.78, 5) is 0. The Kier molecular flexibility index (Phi) is 4.95. The highest BCUT2D eigenvalue weighted by Crippen LogP contribution is 2.31. The Morgan fingerprint density at radius 2 is 2.07 bits per heavy atom. The normalized spacial score (nSPS) is 22.7. The van der Waals surface area contributed by atoms with Crippen molar-refractivity contribution in [1.29, 1.82) is 0 Å². The number of rotatable bonds is 5. The second-order valence-corrected chi connectivity index (χ2v) is 4.41. The third-order valence-corrected chi connectivity index (χ3v) is 3.25. The Balaban J connectivity index is 2.30. The number of aliphatic hydroxyl groups is 1. The summed E-state index contributed by atoms with van der Waals surface area (Å²) in [6, 6.07) is 0. The number of hydrogen-bond donors (Lipinski definition) is 1. The van der Waals surface area contributed by atoms with Gasteiger partial charge in [-0.25, -0.2) is 0 Å². The first-order valence-corrected chi connectivity index (χ1v) is 5.71. The van der Waals surface area contributed by atoms with Crippen molar-refractivity contribution in [2.75, 3.05) is 0 Å². The molecule has 1 fully saturated rings. The zero-order chi connectivity index (χ0) is 10.4. The lowest BCUT2D eigenvalue weighted by Gasteiger charge is -2.23. The summed E-state index contributed by atoms with van der Waals surface area (Å²) < 4.78 is 0. The van der Waals surface area contributed by atoms with Gasteiger partial charge in [-0.15, -0.1) is 0 Å². The van der Waals surface area contributed by atoms with Gasteiger partial charge in [0.15, 0.2) is 0 Å². The Labute approximate surface area is 87.5 Å². The molecule has 1 heteroatoms. The first-order chi connectivity index (χ1) is 6.75. The van der Waals surface area contributed by atoms with Crippen molar-refractivity contribution in [1.82, 2.24) is 0 Å². The highest BCUT2D eigenvalue weighted by Gasteiger charge is 2.26. The van der Waals surface area contributed by atoms with E-state index >= 15 is 0 Å². The average molecular weight is 194 g/mol. The molecule has 0 radical (unpaired) electrons. The largest absolute Gasteiger partial charge is 0.393 e. The summed E-state index contributed by atoms with van der Waals surface area (Å²) >= 11 is 0. The molecule has 1 aliphatic rings. The molecule has 1 nitrogen and oxygen atoms in total. The van der Waals surface area contributed by atoms with Crippen LogP contribution in [0.25, 0.3) is 0 Å². The molecule has 1 saturated carbocycles. The smallest absolute Gasteiger partial charge is 0.0596 e. The molecular weight excluding hydrogens is 172 g/mol. The first-order valence-electron chi connectivity index (χ1n) is 5.71. The van der Waals surface area contributed by atoms with Crippen LogP contribution in [0, 0.1) is 11.8 Å². The van der Waals surface area contributed by atoms with Gasteiger partial charge in [-0.3, -0.25) is 0 Å². The summed E-state index contributed by atoms with van der Waals surface area (Å²) in [5, 5.41) is 10.1. The maximum atomic E-state index is 10.1. The van der Waals surface area contributed by atoms with Gasteiger partial charge in [-0.2, -0.15) is 0 Å². The summed E-state index contributed by atoms with van der Waals surface area (Å²) in [6.07, 6.45) is 11.7. The van der Waals surface area contributed by atoms with E-state index in [9.17, 15) is 5.11 Å². The van der Waals surface area contributed by atoms with E-state index in [1.54, 1.807) is 6.08 Å². The van der Waals surface area contributed by atoms with Gasteiger partial charge in [0, 0.05) is 0 Å². The predicted octanol–water partition coefficient (Wildman–Crippen LogP) is 3.31. The predicted molar refractivity (Wildman–Crippen MR) is 61.1 cm³/mol. The number of allylic oxidation sites excluding steroid dienone is 3. The molecule has 0 spiro atoms. The third-order valence-electron chi connectivity index (χ3n) is 3.25. The lowest BCUT2D eigenvalue weighted by Crippen LogP contribution is -2.25. The summed E-state index contributed by atoms with van der Waals surface area (Å²) in [5.41, 5.74) is 0. The van der Waals surface area contributed by atoms with Crippen LogP contribution in [-0.2, 0) is 0 Å². The van der Waals surface area contributed by atoms with Crippen LogP contribution in [0.1, 0.15) is 39.0 Å². The molecule has 2 unspecified atom stereocenters. The van der Waals surface area contributed by atoms with Gasteiger partial charge in [0.25, 0.3) is 0 Å². The SMILES string of the molecule is C=CC=CCC(C)C(O)C1CCCC1. The molecule has 0 amide bonds. The Morgan fingerprint density at radius 1 is 1.43 bits per heavy atom. The topological polar surface area (TPSA) is 20.2 Å². The minimum absolute atomic E-state index is 0.105. The van der Waals surface area contributed by atoms with Crippen LogP contribution in [0.2, 0.25) is 0 Å². The fourth-order valence-corrected chi connectivity index (χ4v) is 2.29. The van der Waals surface area contributed by atoms with Crippen molar-refractivity contribution in [3.8, 4) is 0 Å². The lowest BCUT2D eigenvalue weighted by atomic mass is 9.89. The van der Waals surface area contributed by atoms with Crippen molar-refractivity contribution in [2.45, 2.75) is 45.1 Å².